The average molecular weight is 316 g/mol. The predicted octanol–water partition coefficient (Wildman–Crippen LogP) is 5.88. The zero-order valence-corrected chi connectivity index (χ0v) is 13.2. The third kappa shape index (κ3) is 2.50. The van der Waals surface area contributed by atoms with Crippen LogP contribution in [0.3, 0.4) is 0 Å². The Morgan fingerprint density at radius 3 is 2.21 bits per heavy atom. The van der Waals surface area contributed by atoms with Crippen LogP contribution in [-0.4, -0.2) is 7.11 Å². The summed E-state index contributed by atoms with van der Waals surface area (Å²) >= 11 is 0. The first-order valence-corrected chi connectivity index (χ1v) is 7.72. The number of benzene rings is 2. The van der Waals surface area contributed by atoms with Gasteiger partial charge in [0.25, 0.3) is 0 Å². The lowest BCUT2D eigenvalue weighted by atomic mass is 9.98. The van der Waals surface area contributed by atoms with E-state index in [0.717, 1.165) is 39.5 Å². The van der Waals surface area contributed by atoms with E-state index < -0.39 is 0 Å². The number of rotatable bonds is 4. The summed E-state index contributed by atoms with van der Waals surface area (Å²) < 4.78 is 16.8. The summed E-state index contributed by atoms with van der Waals surface area (Å²) in [6.07, 6.45) is 3.46. The van der Waals surface area contributed by atoms with Crippen LogP contribution in [0.5, 0.6) is 5.75 Å². The zero-order valence-electron chi connectivity index (χ0n) is 13.2. The van der Waals surface area contributed by atoms with Gasteiger partial charge in [-0.25, -0.2) is 0 Å². The first-order valence-electron chi connectivity index (χ1n) is 7.72. The van der Waals surface area contributed by atoms with Crippen molar-refractivity contribution in [2.45, 2.75) is 0 Å². The highest BCUT2D eigenvalue weighted by Gasteiger charge is 2.20. The van der Waals surface area contributed by atoms with Crippen molar-refractivity contribution in [1.82, 2.24) is 0 Å². The van der Waals surface area contributed by atoms with Gasteiger partial charge in [0.15, 0.2) is 0 Å². The van der Waals surface area contributed by atoms with Crippen molar-refractivity contribution in [2.75, 3.05) is 7.11 Å². The first kappa shape index (κ1) is 14.4. The molecule has 0 fully saturated rings. The Hall–Kier alpha value is -3.20. The molecule has 0 N–H and O–H groups in total. The highest BCUT2D eigenvalue weighted by molar-refractivity contribution is 5.90. The molecule has 0 aliphatic rings. The highest BCUT2D eigenvalue weighted by Crippen LogP contribution is 2.42. The molecule has 2 aromatic heterocycles. The molecule has 0 saturated carbocycles. The molecule has 0 radical (unpaired) electrons. The standard InChI is InChI=1S/C21H16O3/c1-22-17-11-9-15(10-12-17)18-14-24-21(16-6-3-2-4-7-16)20(18)19-8-5-13-23-19/h2-14H,1H3. The molecule has 0 aliphatic heterocycles. The minimum Gasteiger partial charge on any atom is -0.497 e. The van der Waals surface area contributed by atoms with E-state index in [1.54, 1.807) is 19.6 Å². The van der Waals surface area contributed by atoms with E-state index in [4.69, 9.17) is 13.6 Å². The molecule has 3 nitrogen and oxygen atoms in total. The van der Waals surface area contributed by atoms with Crippen LogP contribution in [-0.2, 0) is 0 Å². The van der Waals surface area contributed by atoms with Gasteiger partial charge in [0.05, 0.1) is 25.2 Å². The highest BCUT2D eigenvalue weighted by atomic mass is 16.5. The molecular formula is C21H16O3. The fraction of sp³-hybridized carbons (Fsp3) is 0.0476. The lowest BCUT2D eigenvalue weighted by molar-refractivity contribution is 0.415. The molecule has 0 spiro atoms. The fourth-order valence-electron chi connectivity index (χ4n) is 2.81. The number of hydrogen-bond donors (Lipinski definition) is 0. The van der Waals surface area contributed by atoms with Crippen molar-refractivity contribution in [3.05, 3.63) is 79.3 Å². The fourth-order valence-corrected chi connectivity index (χ4v) is 2.81. The summed E-state index contributed by atoms with van der Waals surface area (Å²) in [5.74, 6) is 2.41. The molecule has 4 rings (SSSR count). The summed E-state index contributed by atoms with van der Waals surface area (Å²) in [5.41, 5.74) is 4.01. The van der Waals surface area contributed by atoms with Crippen LogP contribution < -0.4 is 4.74 Å². The van der Waals surface area contributed by atoms with Crippen molar-refractivity contribution in [1.29, 1.82) is 0 Å². The first-order chi connectivity index (χ1) is 11.9. The van der Waals surface area contributed by atoms with Crippen molar-refractivity contribution in [2.24, 2.45) is 0 Å². The zero-order chi connectivity index (χ0) is 16.4. The summed E-state index contributed by atoms with van der Waals surface area (Å²) in [6, 6.07) is 21.8. The van der Waals surface area contributed by atoms with E-state index in [9.17, 15) is 0 Å². The van der Waals surface area contributed by atoms with Crippen molar-refractivity contribution in [3.8, 4) is 39.5 Å². The van der Waals surface area contributed by atoms with Gasteiger partial charge in [0, 0.05) is 11.1 Å². The predicted molar refractivity (Wildman–Crippen MR) is 93.8 cm³/mol. The number of hydrogen-bond acceptors (Lipinski definition) is 3. The normalized spacial score (nSPS) is 10.7. The van der Waals surface area contributed by atoms with Crippen molar-refractivity contribution < 1.29 is 13.6 Å². The number of ether oxygens (including phenoxy) is 1. The van der Waals surface area contributed by atoms with E-state index in [1.165, 1.54) is 0 Å². The van der Waals surface area contributed by atoms with E-state index in [-0.39, 0.29) is 0 Å². The molecule has 2 heterocycles. The quantitative estimate of drug-likeness (QED) is 0.471. The molecule has 0 amide bonds. The van der Waals surface area contributed by atoms with Gasteiger partial charge in [-0.3, -0.25) is 0 Å². The van der Waals surface area contributed by atoms with E-state index in [1.807, 2.05) is 66.7 Å². The van der Waals surface area contributed by atoms with Gasteiger partial charge in [-0.05, 0) is 29.8 Å². The summed E-state index contributed by atoms with van der Waals surface area (Å²) in [4.78, 5) is 0. The van der Waals surface area contributed by atoms with Crippen LogP contribution in [0.25, 0.3) is 33.8 Å². The van der Waals surface area contributed by atoms with Crippen LogP contribution in [0.4, 0.5) is 0 Å². The van der Waals surface area contributed by atoms with Crippen LogP contribution in [0.15, 0.2) is 88.1 Å². The smallest absolute Gasteiger partial charge is 0.145 e. The Labute approximate surface area is 140 Å². The molecule has 4 aromatic rings. The van der Waals surface area contributed by atoms with Gasteiger partial charge in [0.2, 0.25) is 0 Å². The molecule has 0 unspecified atom stereocenters. The van der Waals surface area contributed by atoms with Crippen molar-refractivity contribution in [3.63, 3.8) is 0 Å². The van der Waals surface area contributed by atoms with Crippen molar-refractivity contribution >= 4 is 0 Å². The van der Waals surface area contributed by atoms with Crippen LogP contribution in [0, 0.1) is 0 Å². The maximum atomic E-state index is 5.93. The molecule has 118 valence electrons. The second-order valence-corrected chi connectivity index (χ2v) is 5.43. The van der Waals surface area contributed by atoms with Crippen LogP contribution >= 0.6 is 0 Å². The Balaban J connectivity index is 1.90. The molecule has 0 bridgehead atoms. The lowest BCUT2D eigenvalue weighted by Gasteiger charge is -2.05. The number of methoxy groups -OCH3 is 1. The van der Waals surface area contributed by atoms with Gasteiger partial charge >= 0.3 is 0 Å². The Morgan fingerprint density at radius 1 is 0.750 bits per heavy atom. The Kier molecular flexibility index (Phi) is 3.67. The number of furan rings is 2. The van der Waals surface area contributed by atoms with Gasteiger partial charge < -0.3 is 13.6 Å². The maximum absolute atomic E-state index is 5.93. The van der Waals surface area contributed by atoms with Crippen LogP contribution in [0.2, 0.25) is 0 Å². The van der Waals surface area contributed by atoms with Gasteiger partial charge in [-0.15, -0.1) is 0 Å². The lowest BCUT2D eigenvalue weighted by Crippen LogP contribution is -1.84. The monoisotopic (exact) mass is 316 g/mol. The minimum atomic E-state index is 0.786. The van der Waals surface area contributed by atoms with Gasteiger partial charge in [-0.1, -0.05) is 42.5 Å². The third-order valence-electron chi connectivity index (χ3n) is 4.00. The van der Waals surface area contributed by atoms with Crippen LogP contribution in [0.1, 0.15) is 0 Å². The van der Waals surface area contributed by atoms with E-state index in [2.05, 4.69) is 0 Å². The Morgan fingerprint density at radius 2 is 1.54 bits per heavy atom. The maximum Gasteiger partial charge on any atom is 0.145 e. The molecular weight excluding hydrogens is 300 g/mol. The third-order valence-corrected chi connectivity index (χ3v) is 4.00. The molecule has 2 aromatic carbocycles. The van der Waals surface area contributed by atoms with Gasteiger partial charge in [0.1, 0.15) is 17.3 Å². The Bertz CT molecular complexity index is 917. The largest absolute Gasteiger partial charge is 0.497 e. The minimum absolute atomic E-state index is 0.786. The SMILES string of the molecule is COc1ccc(-c2coc(-c3ccccc3)c2-c2ccco2)cc1. The second-order valence-electron chi connectivity index (χ2n) is 5.43. The summed E-state index contributed by atoms with van der Waals surface area (Å²) in [5, 5.41) is 0. The average Bonchev–Trinajstić information content (AvgIpc) is 3.32. The van der Waals surface area contributed by atoms with Gasteiger partial charge in [-0.2, -0.15) is 0 Å². The van der Waals surface area contributed by atoms with E-state index in [0.29, 0.717) is 0 Å². The summed E-state index contributed by atoms with van der Waals surface area (Å²) in [6.45, 7) is 0. The summed E-state index contributed by atoms with van der Waals surface area (Å²) in [7, 11) is 1.66. The molecule has 0 atom stereocenters. The topological polar surface area (TPSA) is 35.5 Å². The van der Waals surface area contributed by atoms with E-state index >= 15 is 0 Å². The second kappa shape index (κ2) is 6.13. The molecule has 24 heavy (non-hydrogen) atoms. The molecule has 3 heteroatoms. The molecule has 0 saturated heterocycles. The molecule has 0 aliphatic carbocycles.